The molecule has 0 aliphatic rings. The normalized spacial score (nSPS) is 12.0. The van der Waals surface area contributed by atoms with Crippen molar-refractivity contribution in [2.75, 3.05) is 0 Å². The molecule has 0 spiro atoms. The lowest BCUT2D eigenvalue weighted by Crippen LogP contribution is -1.91. The minimum absolute atomic E-state index is 0.984. The molecule has 4 aromatic carbocycles. The monoisotopic (exact) mass is 422 g/mol. The SMILES string of the molecule is Cc1ccc2sc3cc(Cc4cc5sc6c(C)cccc6c5cc4C)ccc3c2c1. The number of aryl methyl sites for hydroxylation is 3. The number of thiophene rings is 2. The highest BCUT2D eigenvalue weighted by Crippen LogP contribution is 2.38. The summed E-state index contributed by atoms with van der Waals surface area (Å²) in [5.74, 6) is 0. The van der Waals surface area contributed by atoms with Gasteiger partial charge in [-0.25, -0.2) is 0 Å². The zero-order valence-corrected chi connectivity index (χ0v) is 19.0. The molecule has 0 saturated carbocycles. The fourth-order valence-electron chi connectivity index (χ4n) is 4.59. The van der Waals surface area contributed by atoms with Crippen LogP contribution in [0.25, 0.3) is 40.3 Å². The average Bonchev–Trinajstić information content (AvgIpc) is 3.26. The minimum Gasteiger partial charge on any atom is -0.135 e. The number of rotatable bonds is 2. The lowest BCUT2D eigenvalue weighted by molar-refractivity contribution is 1.17. The van der Waals surface area contributed by atoms with Crippen LogP contribution in [0.5, 0.6) is 0 Å². The molecule has 2 aromatic heterocycles. The third-order valence-corrected chi connectivity index (χ3v) is 8.68. The van der Waals surface area contributed by atoms with Crippen LogP contribution in [0.15, 0.2) is 66.7 Å². The lowest BCUT2D eigenvalue weighted by atomic mass is 9.97. The van der Waals surface area contributed by atoms with Crippen molar-refractivity contribution in [3.05, 3.63) is 94.5 Å². The first kappa shape index (κ1) is 18.1. The van der Waals surface area contributed by atoms with Crippen molar-refractivity contribution in [1.82, 2.24) is 0 Å². The maximum Gasteiger partial charge on any atom is 0.0384 e. The van der Waals surface area contributed by atoms with E-state index in [9.17, 15) is 0 Å². The number of hydrogen-bond acceptors (Lipinski definition) is 2. The molecule has 6 rings (SSSR count). The molecule has 0 bridgehead atoms. The van der Waals surface area contributed by atoms with Crippen molar-refractivity contribution < 1.29 is 0 Å². The molecule has 30 heavy (non-hydrogen) atoms. The van der Waals surface area contributed by atoms with Crippen LogP contribution in [0.3, 0.4) is 0 Å². The molecule has 0 saturated heterocycles. The smallest absolute Gasteiger partial charge is 0.0384 e. The van der Waals surface area contributed by atoms with E-state index < -0.39 is 0 Å². The highest BCUT2D eigenvalue weighted by atomic mass is 32.1. The van der Waals surface area contributed by atoms with E-state index in [1.54, 1.807) is 0 Å². The molecule has 0 N–H and O–H groups in total. The number of fused-ring (bicyclic) bond motifs is 6. The molecule has 0 radical (unpaired) electrons. The fourth-order valence-corrected chi connectivity index (χ4v) is 6.96. The predicted molar refractivity (Wildman–Crippen MR) is 136 cm³/mol. The van der Waals surface area contributed by atoms with Gasteiger partial charge >= 0.3 is 0 Å². The van der Waals surface area contributed by atoms with E-state index in [-0.39, 0.29) is 0 Å². The Morgan fingerprint density at radius 1 is 0.600 bits per heavy atom. The van der Waals surface area contributed by atoms with Crippen molar-refractivity contribution in [1.29, 1.82) is 0 Å². The molecule has 0 fully saturated rings. The first-order valence-corrected chi connectivity index (χ1v) is 12.0. The van der Waals surface area contributed by atoms with Gasteiger partial charge in [0.2, 0.25) is 0 Å². The van der Waals surface area contributed by atoms with Gasteiger partial charge in [-0.3, -0.25) is 0 Å². The van der Waals surface area contributed by atoms with Crippen LogP contribution in [-0.2, 0) is 6.42 Å². The van der Waals surface area contributed by atoms with Gasteiger partial charge < -0.3 is 0 Å². The maximum absolute atomic E-state index is 2.42. The van der Waals surface area contributed by atoms with Crippen LogP contribution in [0.1, 0.15) is 27.8 Å². The Labute approximate surface area is 184 Å². The highest BCUT2D eigenvalue weighted by molar-refractivity contribution is 7.26. The van der Waals surface area contributed by atoms with Gasteiger partial charge in [-0.15, -0.1) is 22.7 Å². The Kier molecular flexibility index (Phi) is 4.02. The second-order valence-electron chi connectivity index (χ2n) is 8.44. The molecule has 0 atom stereocenters. The molecule has 0 aliphatic heterocycles. The topological polar surface area (TPSA) is 0 Å². The molecule has 146 valence electrons. The molecule has 0 unspecified atom stereocenters. The largest absolute Gasteiger partial charge is 0.135 e. The third-order valence-electron chi connectivity index (χ3n) is 6.24. The standard InChI is InChI=1S/C28H22S2/c1-16-7-10-25-23(11-16)21-9-8-19(14-26(21)29-25)13-20-15-27-24(12-18(20)3)22-6-4-5-17(2)28(22)30-27/h4-12,14-15H,13H2,1-3H3. The Bertz CT molecular complexity index is 1590. The summed E-state index contributed by atoms with van der Waals surface area (Å²) in [5.41, 5.74) is 6.91. The van der Waals surface area contributed by atoms with Crippen LogP contribution < -0.4 is 0 Å². The fraction of sp³-hybridized carbons (Fsp3) is 0.143. The molecule has 2 heteroatoms. The zero-order chi connectivity index (χ0) is 20.4. The summed E-state index contributed by atoms with van der Waals surface area (Å²) in [4.78, 5) is 0. The molecule has 0 nitrogen and oxygen atoms in total. The van der Waals surface area contributed by atoms with Gasteiger partial charge in [-0.05, 0) is 79.8 Å². The number of hydrogen-bond donors (Lipinski definition) is 0. The van der Waals surface area contributed by atoms with Crippen LogP contribution >= 0.6 is 22.7 Å². The van der Waals surface area contributed by atoms with Gasteiger partial charge in [0, 0.05) is 40.3 Å². The third kappa shape index (κ3) is 2.79. The molecular weight excluding hydrogens is 400 g/mol. The van der Waals surface area contributed by atoms with Crippen LogP contribution in [-0.4, -0.2) is 0 Å². The van der Waals surface area contributed by atoms with Crippen molar-refractivity contribution in [3.8, 4) is 0 Å². The van der Waals surface area contributed by atoms with Gasteiger partial charge in [0.05, 0.1) is 0 Å². The average molecular weight is 423 g/mol. The van der Waals surface area contributed by atoms with Crippen LogP contribution in [0.2, 0.25) is 0 Å². The Morgan fingerprint density at radius 3 is 2.33 bits per heavy atom. The van der Waals surface area contributed by atoms with Crippen LogP contribution in [0.4, 0.5) is 0 Å². The summed E-state index contributed by atoms with van der Waals surface area (Å²) in [6.45, 7) is 6.65. The Morgan fingerprint density at radius 2 is 1.43 bits per heavy atom. The maximum atomic E-state index is 2.42. The van der Waals surface area contributed by atoms with Crippen LogP contribution in [0, 0.1) is 20.8 Å². The summed E-state index contributed by atoms with van der Waals surface area (Å²) in [6.07, 6.45) is 0.984. The summed E-state index contributed by atoms with van der Waals surface area (Å²) < 4.78 is 5.60. The number of benzene rings is 4. The van der Waals surface area contributed by atoms with Gasteiger partial charge in [0.1, 0.15) is 0 Å². The van der Waals surface area contributed by atoms with Gasteiger partial charge in [0.15, 0.2) is 0 Å². The van der Waals surface area contributed by atoms with Crippen molar-refractivity contribution in [3.63, 3.8) is 0 Å². The van der Waals surface area contributed by atoms with Gasteiger partial charge in [-0.1, -0.05) is 42.0 Å². The van der Waals surface area contributed by atoms with E-state index in [2.05, 4.69) is 87.5 Å². The molecule has 2 heterocycles. The van der Waals surface area contributed by atoms with E-state index in [0.717, 1.165) is 6.42 Å². The first-order chi connectivity index (χ1) is 14.6. The lowest BCUT2D eigenvalue weighted by Gasteiger charge is -2.07. The van der Waals surface area contributed by atoms with E-state index in [4.69, 9.17) is 0 Å². The first-order valence-electron chi connectivity index (χ1n) is 10.4. The van der Waals surface area contributed by atoms with Crippen molar-refractivity contribution in [2.24, 2.45) is 0 Å². The van der Waals surface area contributed by atoms with Gasteiger partial charge in [0.25, 0.3) is 0 Å². The minimum atomic E-state index is 0.984. The highest BCUT2D eigenvalue weighted by Gasteiger charge is 2.11. The summed E-state index contributed by atoms with van der Waals surface area (Å²) in [5, 5.41) is 5.57. The van der Waals surface area contributed by atoms with Gasteiger partial charge in [-0.2, -0.15) is 0 Å². The molecule has 6 aromatic rings. The molecule has 0 aliphatic carbocycles. The van der Waals surface area contributed by atoms with E-state index in [1.165, 1.54) is 68.2 Å². The quantitative estimate of drug-likeness (QED) is 0.261. The van der Waals surface area contributed by atoms with Crippen molar-refractivity contribution >= 4 is 63.0 Å². The molecular formula is C28H22S2. The van der Waals surface area contributed by atoms with E-state index in [0.29, 0.717) is 0 Å². The predicted octanol–water partition coefficient (Wildman–Crippen LogP) is 8.94. The summed E-state index contributed by atoms with van der Waals surface area (Å²) in [7, 11) is 0. The van der Waals surface area contributed by atoms with Crippen molar-refractivity contribution in [2.45, 2.75) is 27.2 Å². The Hall–Kier alpha value is -2.68. The Balaban J connectivity index is 1.45. The van der Waals surface area contributed by atoms with E-state index in [1.807, 2.05) is 22.7 Å². The second-order valence-corrected chi connectivity index (χ2v) is 10.6. The molecule has 0 amide bonds. The zero-order valence-electron chi connectivity index (χ0n) is 17.4. The summed E-state index contributed by atoms with van der Waals surface area (Å²) in [6, 6.07) is 25.3. The second kappa shape index (κ2) is 6.66. The summed E-state index contributed by atoms with van der Waals surface area (Å²) >= 11 is 3.84. The van der Waals surface area contributed by atoms with E-state index >= 15 is 0 Å².